The topological polar surface area (TPSA) is 110 Å². The lowest BCUT2D eigenvalue weighted by atomic mass is 10.1. The lowest BCUT2D eigenvalue weighted by Crippen LogP contribution is -2.30. The van der Waals surface area contributed by atoms with E-state index in [0.717, 1.165) is 12.1 Å². The Kier molecular flexibility index (Phi) is 5.93. The van der Waals surface area contributed by atoms with E-state index in [9.17, 15) is 13.2 Å². The van der Waals surface area contributed by atoms with Crippen molar-refractivity contribution < 1.29 is 13.2 Å². The van der Waals surface area contributed by atoms with Crippen LogP contribution >= 0.6 is 0 Å². The zero-order chi connectivity index (χ0) is 19.4. The number of benzene rings is 1. The molecule has 27 heavy (non-hydrogen) atoms. The molecular formula is C18H25N5O3S. The van der Waals surface area contributed by atoms with Gasteiger partial charge in [-0.15, -0.1) is 0 Å². The van der Waals surface area contributed by atoms with Gasteiger partial charge in [0.25, 0.3) is 5.91 Å². The molecule has 146 valence electrons. The van der Waals surface area contributed by atoms with Crippen molar-refractivity contribution >= 4 is 15.9 Å². The van der Waals surface area contributed by atoms with Crippen molar-refractivity contribution in [3.05, 3.63) is 47.8 Å². The number of carbonyl (C=O) groups is 1. The molecule has 2 heterocycles. The number of hydrogen-bond donors (Lipinski definition) is 2. The highest BCUT2D eigenvalue weighted by Gasteiger charge is 2.32. The van der Waals surface area contributed by atoms with Crippen LogP contribution in [0.15, 0.2) is 41.4 Å². The van der Waals surface area contributed by atoms with Crippen LogP contribution in [0.4, 0.5) is 0 Å². The van der Waals surface area contributed by atoms with Gasteiger partial charge in [-0.3, -0.25) is 9.48 Å². The van der Waals surface area contributed by atoms with Crippen LogP contribution in [-0.2, 0) is 23.5 Å². The van der Waals surface area contributed by atoms with Crippen LogP contribution in [0.3, 0.4) is 0 Å². The average molecular weight is 391 g/mol. The number of nitrogens with zero attached hydrogens (tertiary/aromatic N) is 3. The summed E-state index contributed by atoms with van der Waals surface area (Å²) in [6.45, 7) is 1.82. The van der Waals surface area contributed by atoms with E-state index in [0.29, 0.717) is 38.2 Å². The number of aryl methyl sites for hydroxylation is 1. The second-order valence-corrected chi connectivity index (χ2v) is 8.67. The Morgan fingerprint density at radius 3 is 2.85 bits per heavy atom. The maximum Gasteiger partial charge on any atom is 0.251 e. The van der Waals surface area contributed by atoms with Gasteiger partial charge in [0.2, 0.25) is 10.0 Å². The molecule has 0 bridgehead atoms. The Labute approximate surface area is 159 Å². The highest BCUT2D eigenvalue weighted by atomic mass is 32.2. The first-order chi connectivity index (χ1) is 12.9. The van der Waals surface area contributed by atoms with Crippen LogP contribution in [0, 0.1) is 5.92 Å². The van der Waals surface area contributed by atoms with E-state index >= 15 is 0 Å². The second-order valence-electron chi connectivity index (χ2n) is 6.73. The molecule has 9 heteroatoms. The Morgan fingerprint density at radius 1 is 1.37 bits per heavy atom. The van der Waals surface area contributed by atoms with Gasteiger partial charge in [-0.25, -0.2) is 8.42 Å². The number of amides is 1. The van der Waals surface area contributed by atoms with Gasteiger partial charge in [0.05, 0.1) is 4.90 Å². The molecule has 1 aromatic carbocycles. The smallest absolute Gasteiger partial charge is 0.251 e. The van der Waals surface area contributed by atoms with Gasteiger partial charge >= 0.3 is 0 Å². The van der Waals surface area contributed by atoms with Crippen molar-refractivity contribution in [1.82, 2.24) is 19.4 Å². The molecule has 0 radical (unpaired) electrons. The van der Waals surface area contributed by atoms with Gasteiger partial charge < -0.3 is 11.1 Å². The fourth-order valence-corrected chi connectivity index (χ4v) is 4.78. The number of carbonyl (C=O) groups excluding carboxylic acids is 1. The van der Waals surface area contributed by atoms with E-state index in [1.807, 2.05) is 13.1 Å². The fourth-order valence-electron chi connectivity index (χ4n) is 3.21. The van der Waals surface area contributed by atoms with Crippen molar-refractivity contribution in [3.63, 3.8) is 0 Å². The second kappa shape index (κ2) is 8.20. The van der Waals surface area contributed by atoms with Crippen molar-refractivity contribution in [1.29, 1.82) is 0 Å². The molecule has 8 nitrogen and oxygen atoms in total. The van der Waals surface area contributed by atoms with Crippen molar-refractivity contribution in [2.75, 3.05) is 26.2 Å². The lowest BCUT2D eigenvalue weighted by Gasteiger charge is -2.17. The van der Waals surface area contributed by atoms with Crippen molar-refractivity contribution in [3.8, 4) is 0 Å². The molecule has 1 atom stereocenters. The molecule has 1 amide bonds. The van der Waals surface area contributed by atoms with Crippen molar-refractivity contribution in [2.24, 2.45) is 18.7 Å². The number of sulfonamides is 1. The van der Waals surface area contributed by atoms with Crippen LogP contribution in [-0.4, -0.2) is 54.6 Å². The average Bonchev–Trinajstić information content (AvgIpc) is 3.31. The maximum atomic E-state index is 12.8. The third-order valence-electron chi connectivity index (χ3n) is 4.91. The standard InChI is InChI=1S/C18H25N5O3S/c1-22-16(6-9-21-22)5-8-20-18(24)15-3-2-4-17(11-15)27(25,26)23-10-7-14(12-19)13-23/h2-4,6,9,11,14H,5,7-8,10,12-13,19H2,1H3,(H,20,24). The summed E-state index contributed by atoms with van der Waals surface area (Å²) in [7, 11) is -1.77. The summed E-state index contributed by atoms with van der Waals surface area (Å²) >= 11 is 0. The number of rotatable bonds is 7. The van der Waals surface area contributed by atoms with Gasteiger partial charge in [0.15, 0.2) is 0 Å². The number of nitrogens with one attached hydrogen (secondary N) is 1. The van der Waals surface area contributed by atoms with E-state index in [1.165, 1.54) is 16.4 Å². The van der Waals surface area contributed by atoms with E-state index in [4.69, 9.17) is 5.73 Å². The molecule has 2 aromatic rings. The SMILES string of the molecule is Cn1nccc1CCNC(=O)c1cccc(S(=O)(=O)N2CCC(CN)C2)c1. The van der Waals surface area contributed by atoms with E-state index < -0.39 is 10.0 Å². The summed E-state index contributed by atoms with van der Waals surface area (Å²) in [5.41, 5.74) is 6.99. The predicted octanol–water partition coefficient (Wildman–Crippen LogP) is 0.362. The first-order valence-electron chi connectivity index (χ1n) is 8.97. The van der Waals surface area contributed by atoms with Crippen LogP contribution in [0.25, 0.3) is 0 Å². The van der Waals surface area contributed by atoms with Crippen LogP contribution in [0.2, 0.25) is 0 Å². The Hall–Kier alpha value is -2.23. The number of aromatic nitrogens is 2. The summed E-state index contributed by atoms with van der Waals surface area (Å²) in [4.78, 5) is 12.5. The van der Waals surface area contributed by atoms with Crippen LogP contribution < -0.4 is 11.1 Å². The third kappa shape index (κ3) is 4.37. The molecule has 1 saturated heterocycles. The largest absolute Gasteiger partial charge is 0.352 e. The van der Waals surface area contributed by atoms with Gasteiger partial charge in [-0.2, -0.15) is 9.40 Å². The molecule has 1 fully saturated rings. The van der Waals surface area contributed by atoms with Gasteiger partial charge in [0, 0.05) is 50.6 Å². The minimum atomic E-state index is -3.61. The minimum absolute atomic E-state index is 0.138. The first-order valence-corrected chi connectivity index (χ1v) is 10.4. The normalized spacial score (nSPS) is 17.9. The molecule has 3 N–H and O–H groups in total. The third-order valence-corrected chi connectivity index (χ3v) is 6.77. The van der Waals surface area contributed by atoms with Crippen molar-refractivity contribution in [2.45, 2.75) is 17.7 Å². The molecule has 1 unspecified atom stereocenters. The fraction of sp³-hybridized carbons (Fsp3) is 0.444. The van der Waals surface area contributed by atoms with Gasteiger partial charge in [0.1, 0.15) is 0 Å². The zero-order valence-electron chi connectivity index (χ0n) is 15.3. The Balaban J connectivity index is 1.66. The van der Waals surface area contributed by atoms with Gasteiger partial charge in [-0.05, 0) is 43.1 Å². The zero-order valence-corrected chi connectivity index (χ0v) is 16.2. The molecule has 0 spiro atoms. The molecule has 3 rings (SSSR count). The number of hydrogen-bond acceptors (Lipinski definition) is 5. The van der Waals surface area contributed by atoms with Crippen LogP contribution in [0.5, 0.6) is 0 Å². The summed E-state index contributed by atoms with van der Waals surface area (Å²) < 4.78 is 28.8. The minimum Gasteiger partial charge on any atom is -0.352 e. The lowest BCUT2D eigenvalue weighted by molar-refractivity contribution is 0.0953. The summed E-state index contributed by atoms with van der Waals surface area (Å²) in [5, 5.41) is 6.91. The summed E-state index contributed by atoms with van der Waals surface area (Å²) in [6, 6.07) is 8.07. The molecule has 1 aromatic heterocycles. The highest BCUT2D eigenvalue weighted by Crippen LogP contribution is 2.24. The predicted molar refractivity (Wildman–Crippen MR) is 102 cm³/mol. The molecule has 1 aliphatic heterocycles. The van der Waals surface area contributed by atoms with Gasteiger partial charge in [-0.1, -0.05) is 6.07 Å². The quantitative estimate of drug-likeness (QED) is 0.708. The molecule has 1 aliphatic rings. The molecule has 0 saturated carbocycles. The summed E-state index contributed by atoms with van der Waals surface area (Å²) in [6.07, 6.45) is 3.12. The monoisotopic (exact) mass is 391 g/mol. The van der Waals surface area contributed by atoms with E-state index in [2.05, 4.69) is 10.4 Å². The Bertz CT molecular complexity index is 909. The van der Waals surface area contributed by atoms with Crippen LogP contribution in [0.1, 0.15) is 22.5 Å². The molecular weight excluding hydrogens is 366 g/mol. The van der Waals surface area contributed by atoms with E-state index in [1.54, 1.807) is 23.0 Å². The van der Waals surface area contributed by atoms with E-state index in [-0.39, 0.29) is 16.7 Å². The maximum absolute atomic E-state index is 12.8. The first kappa shape index (κ1) is 19.5. The number of nitrogens with two attached hydrogens (primary N) is 1. The Morgan fingerprint density at radius 2 is 2.19 bits per heavy atom. The summed E-state index contributed by atoms with van der Waals surface area (Å²) in [5.74, 6) is -0.103. The molecule has 0 aliphatic carbocycles. The highest BCUT2D eigenvalue weighted by molar-refractivity contribution is 7.89.